The summed E-state index contributed by atoms with van der Waals surface area (Å²) in [6.07, 6.45) is -10.3. The van der Waals surface area contributed by atoms with Crippen molar-refractivity contribution in [3.8, 4) is 0 Å². The van der Waals surface area contributed by atoms with Gasteiger partial charge in [-0.2, -0.15) is 26.3 Å². The number of hydrogen-bond acceptors (Lipinski definition) is 3. The lowest BCUT2D eigenvalue weighted by molar-refractivity contribution is -0.143. The largest absolute Gasteiger partial charge is 0.459 e. The molecule has 1 saturated heterocycles. The Labute approximate surface area is 237 Å². The molecule has 3 aromatic rings. The smallest absolute Gasteiger partial charge is 0.416 e. The minimum atomic E-state index is -5.02. The molecule has 4 rings (SSSR count). The van der Waals surface area contributed by atoms with E-state index in [0.717, 1.165) is 4.90 Å². The monoisotopic (exact) mass is 596 g/mol. The fourth-order valence-corrected chi connectivity index (χ4v) is 5.04. The second-order valence-electron chi connectivity index (χ2n) is 10.2. The Hall–Kier alpha value is -4.09. The first-order valence-electron chi connectivity index (χ1n) is 13.0. The van der Waals surface area contributed by atoms with Crippen molar-refractivity contribution >= 4 is 12.0 Å². The van der Waals surface area contributed by atoms with Gasteiger partial charge < -0.3 is 14.5 Å². The van der Waals surface area contributed by atoms with Gasteiger partial charge in [0.25, 0.3) is 0 Å². The van der Waals surface area contributed by atoms with E-state index in [9.17, 15) is 40.3 Å². The standard InChI is InChI=1S/C30H27F7N2O3/c1-18-12-23(31)8-9-25(18)26-16-24(42-27(40)20-6-4-3-5-7-20)10-11-39(26)28(41)38(2)17-19-13-21(29(32,33)34)15-22(14-19)30(35,36)37/h3-9,12-15,24,26H,10-11,16-17H2,1-2H3/t24-,26-/m0/s1. The number of alkyl halides is 6. The zero-order valence-corrected chi connectivity index (χ0v) is 22.6. The Morgan fingerprint density at radius 1 is 0.929 bits per heavy atom. The van der Waals surface area contributed by atoms with Gasteiger partial charge in [-0.25, -0.2) is 14.0 Å². The molecule has 0 N–H and O–H groups in total. The second-order valence-corrected chi connectivity index (χ2v) is 10.2. The van der Waals surface area contributed by atoms with Gasteiger partial charge in [-0.1, -0.05) is 24.3 Å². The number of halogens is 7. The van der Waals surface area contributed by atoms with Crippen LogP contribution in [0, 0.1) is 12.7 Å². The molecule has 0 radical (unpaired) electrons. The summed E-state index contributed by atoms with van der Waals surface area (Å²) in [7, 11) is 1.27. The van der Waals surface area contributed by atoms with Crippen molar-refractivity contribution in [2.45, 2.75) is 50.8 Å². The fourth-order valence-electron chi connectivity index (χ4n) is 5.04. The number of amides is 2. The maximum Gasteiger partial charge on any atom is 0.416 e. The number of benzene rings is 3. The summed E-state index contributed by atoms with van der Waals surface area (Å²) < 4.78 is 99.7. The third-order valence-corrected chi connectivity index (χ3v) is 7.07. The van der Waals surface area contributed by atoms with E-state index in [-0.39, 0.29) is 31.0 Å². The number of nitrogens with zero attached hydrogens (tertiary/aromatic N) is 2. The molecule has 0 aliphatic carbocycles. The topological polar surface area (TPSA) is 49.9 Å². The van der Waals surface area contributed by atoms with Crippen LogP contribution in [-0.4, -0.2) is 41.5 Å². The normalized spacial score (nSPS) is 17.6. The number of urea groups is 1. The number of esters is 1. The number of hydrogen-bond donors (Lipinski definition) is 0. The lowest BCUT2D eigenvalue weighted by Gasteiger charge is -2.41. The Kier molecular flexibility index (Phi) is 8.84. The van der Waals surface area contributed by atoms with Gasteiger partial charge in [0.2, 0.25) is 0 Å². The third kappa shape index (κ3) is 7.21. The molecule has 2 amide bonds. The van der Waals surface area contributed by atoms with E-state index in [1.54, 1.807) is 37.3 Å². The van der Waals surface area contributed by atoms with Crippen LogP contribution in [0.15, 0.2) is 66.7 Å². The highest BCUT2D eigenvalue weighted by atomic mass is 19.4. The van der Waals surface area contributed by atoms with Gasteiger partial charge in [-0.05, 0) is 66.1 Å². The van der Waals surface area contributed by atoms with E-state index in [1.165, 1.54) is 30.1 Å². The average Bonchev–Trinajstić information content (AvgIpc) is 2.92. The highest BCUT2D eigenvalue weighted by Crippen LogP contribution is 2.38. The SMILES string of the molecule is Cc1cc(F)ccc1[C@@H]1C[C@@H](OC(=O)c2ccccc2)CCN1C(=O)N(C)Cc1cc(C(F)(F)F)cc(C(F)(F)F)c1. The number of rotatable bonds is 5. The molecule has 12 heteroatoms. The van der Waals surface area contributed by atoms with Gasteiger partial charge in [0.15, 0.2) is 0 Å². The fraction of sp³-hybridized carbons (Fsp3) is 0.333. The van der Waals surface area contributed by atoms with Crippen molar-refractivity contribution in [2.75, 3.05) is 13.6 Å². The van der Waals surface area contributed by atoms with Crippen LogP contribution in [0.5, 0.6) is 0 Å². The molecule has 0 saturated carbocycles. The van der Waals surface area contributed by atoms with Crippen molar-refractivity contribution < 1.29 is 45.1 Å². The van der Waals surface area contributed by atoms with E-state index in [4.69, 9.17) is 4.74 Å². The van der Waals surface area contributed by atoms with E-state index >= 15 is 0 Å². The molecule has 0 bridgehead atoms. The molecule has 2 atom stereocenters. The molecule has 1 heterocycles. The summed E-state index contributed by atoms with van der Waals surface area (Å²) in [4.78, 5) is 28.7. The minimum absolute atomic E-state index is 0.0280. The predicted octanol–water partition coefficient (Wildman–Crippen LogP) is 7.79. The van der Waals surface area contributed by atoms with E-state index in [0.29, 0.717) is 28.8 Å². The molecular weight excluding hydrogens is 569 g/mol. The predicted molar refractivity (Wildman–Crippen MR) is 139 cm³/mol. The number of likely N-dealkylation sites (tertiary alicyclic amines) is 1. The summed E-state index contributed by atoms with van der Waals surface area (Å²) in [5.74, 6) is -1.06. The molecule has 0 spiro atoms. The molecule has 0 unspecified atom stereocenters. The maximum atomic E-state index is 13.9. The first kappa shape index (κ1) is 30.9. The van der Waals surface area contributed by atoms with Crippen molar-refractivity contribution in [1.82, 2.24) is 9.80 Å². The second kappa shape index (κ2) is 12.0. The molecule has 1 aliphatic rings. The van der Waals surface area contributed by atoms with Crippen LogP contribution in [0.2, 0.25) is 0 Å². The number of aryl methyl sites for hydroxylation is 1. The van der Waals surface area contributed by atoms with Gasteiger partial charge in [0.1, 0.15) is 11.9 Å². The number of ether oxygens (including phenoxy) is 1. The average molecular weight is 597 g/mol. The quantitative estimate of drug-likeness (QED) is 0.223. The van der Waals surface area contributed by atoms with Crippen LogP contribution in [0.1, 0.15) is 57.1 Å². The Balaban J connectivity index is 1.59. The first-order valence-corrected chi connectivity index (χ1v) is 13.0. The summed E-state index contributed by atoms with van der Waals surface area (Å²) in [5.41, 5.74) is -1.89. The third-order valence-electron chi connectivity index (χ3n) is 7.07. The molecule has 1 aliphatic heterocycles. The van der Waals surface area contributed by atoms with Crippen molar-refractivity contribution in [2.24, 2.45) is 0 Å². The van der Waals surface area contributed by atoms with Gasteiger partial charge in [-0.3, -0.25) is 0 Å². The van der Waals surface area contributed by atoms with Crippen LogP contribution < -0.4 is 0 Å². The highest BCUT2D eigenvalue weighted by molar-refractivity contribution is 5.89. The molecular formula is C30H27F7N2O3. The summed E-state index contributed by atoms with van der Waals surface area (Å²) in [6, 6.07) is 12.1. The zero-order valence-electron chi connectivity index (χ0n) is 22.6. The van der Waals surface area contributed by atoms with Crippen LogP contribution >= 0.6 is 0 Å². The van der Waals surface area contributed by atoms with Crippen molar-refractivity contribution in [1.29, 1.82) is 0 Å². The van der Waals surface area contributed by atoms with Crippen LogP contribution in [0.4, 0.5) is 35.5 Å². The van der Waals surface area contributed by atoms with Crippen LogP contribution in [-0.2, 0) is 23.6 Å². The van der Waals surface area contributed by atoms with Gasteiger partial charge >= 0.3 is 24.4 Å². The summed E-state index contributed by atoms with van der Waals surface area (Å²) in [5, 5.41) is 0. The zero-order chi connectivity index (χ0) is 30.8. The van der Waals surface area contributed by atoms with Crippen LogP contribution in [0.3, 0.4) is 0 Å². The molecule has 3 aromatic carbocycles. The van der Waals surface area contributed by atoms with E-state index in [1.807, 2.05) is 0 Å². The van der Waals surface area contributed by atoms with E-state index < -0.39 is 60.0 Å². The Bertz CT molecular complexity index is 1410. The van der Waals surface area contributed by atoms with Crippen molar-refractivity contribution in [3.63, 3.8) is 0 Å². The van der Waals surface area contributed by atoms with Crippen LogP contribution in [0.25, 0.3) is 0 Å². The molecule has 224 valence electrons. The summed E-state index contributed by atoms with van der Waals surface area (Å²) in [6.45, 7) is 1.17. The number of piperidine rings is 1. The lowest BCUT2D eigenvalue weighted by atomic mass is 9.90. The molecule has 5 nitrogen and oxygen atoms in total. The minimum Gasteiger partial charge on any atom is -0.459 e. The number of carbonyl (C=O) groups is 2. The first-order chi connectivity index (χ1) is 19.6. The Morgan fingerprint density at radius 3 is 2.12 bits per heavy atom. The molecule has 0 aromatic heterocycles. The van der Waals surface area contributed by atoms with Gasteiger partial charge in [0, 0.05) is 33.0 Å². The highest BCUT2D eigenvalue weighted by Gasteiger charge is 2.39. The summed E-state index contributed by atoms with van der Waals surface area (Å²) >= 11 is 0. The Morgan fingerprint density at radius 2 is 1.55 bits per heavy atom. The molecule has 1 fully saturated rings. The van der Waals surface area contributed by atoms with Gasteiger partial charge in [-0.15, -0.1) is 0 Å². The number of carbonyl (C=O) groups excluding carboxylic acids is 2. The maximum absolute atomic E-state index is 13.9. The van der Waals surface area contributed by atoms with Gasteiger partial charge in [0.05, 0.1) is 22.7 Å². The van der Waals surface area contributed by atoms with E-state index in [2.05, 4.69) is 0 Å². The van der Waals surface area contributed by atoms with Crippen molar-refractivity contribution in [3.05, 3.63) is 106 Å². The molecule has 42 heavy (non-hydrogen) atoms. The lowest BCUT2D eigenvalue weighted by Crippen LogP contribution is -2.48.